The van der Waals surface area contributed by atoms with Crippen LogP contribution >= 0.6 is 11.3 Å². The van der Waals surface area contributed by atoms with Crippen molar-refractivity contribution in [3.05, 3.63) is 10.6 Å². The van der Waals surface area contributed by atoms with Gasteiger partial charge in [0.15, 0.2) is 5.13 Å². The molecule has 94 valence electrons. The molecule has 4 heteroatoms. The van der Waals surface area contributed by atoms with Gasteiger partial charge in [0.05, 0.1) is 5.69 Å². The Morgan fingerprint density at radius 3 is 2.94 bits per heavy atom. The second-order valence-electron chi connectivity index (χ2n) is 5.30. The lowest BCUT2D eigenvalue weighted by Crippen LogP contribution is -2.34. The van der Waals surface area contributed by atoms with Crippen LogP contribution in [0.1, 0.15) is 42.7 Å². The number of rotatable bonds is 2. The van der Waals surface area contributed by atoms with Gasteiger partial charge < -0.3 is 10.6 Å². The number of anilines is 1. The maximum atomic E-state index is 5.75. The van der Waals surface area contributed by atoms with E-state index in [1.165, 1.54) is 48.7 Å². The zero-order valence-electron chi connectivity index (χ0n) is 10.5. The monoisotopic (exact) mass is 251 g/mol. The SMILES string of the molecule is Cc1nc(N2CCC3CCCCC32)sc1CN. The van der Waals surface area contributed by atoms with Crippen LogP contribution in [-0.4, -0.2) is 17.6 Å². The third kappa shape index (κ3) is 1.97. The van der Waals surface area contributed by atoms with Gasteiger partial charge in [-0.3, -0.25) is 0 Å². The van der Waals surface area contributed by atoms with Crippen LogP contribution in [0.4, 0.5) is 5.13 Å². The van der Waals surface area contributed by atoms with Crippen molar-refractivity contribution in [2.24, 2.45) is 11.7 Å². The minimum atomic E-state index is 0.630. The summed E-state index contributed by atoms with van der Waals surface area (Å²) in [4.78, 5) is 8.52. The Kier molecular flexibility index (Phi) is 3.09. The molecule has 0 radical (unpaired) electrons. The van der Waals surface area contributed by atoms with Crippen molar-refractivity contribution in [3.8, 4) is 0 Å². The lowest BCUT2D eigenvalue weighted by molar-refractivity contribution is 0.342. The molecule has 1 aliphatic heterocycles. The molecular weight excluding hydrogens is 230 g/mol. The van der Waals surface area contributed by atoms with E-state index < -0.39 is 0 Å². The van der Waals surface area contributed by atoms with Crippen molar-refractivity contribution in [2.45, 2.75) is 51.6 Å². The quantitative estimate of drug-likeness (QED) is 0.878. The second kappa shape index (κ2) is 4.58. The van der Waals surface area contributed by atoms with Gasteiger partial charge in [0.2, 0.25) is 0 Å². The fraction of sp³-hybridized carbons (Fsp3) is 0.769. The Morgan fingerprint density at radius 1 is 1.35 bits per heavy atom. The van der Waals surface area contributed by atoms with Crippen molar-refractivity contribution in [1.29, 1.82) is 0 Å². The molecule has 1 aromatic rings. The highest BCUT2D eigenvalue weighted by atomic mass is 32.1. The number of aromatic nitrogens is 1. The Labute approximate surface area is 107 Å². The Balaban J connectivity index is 1.83. The highest BCUT2D eigenvalue weighted by molar-refractivity contribution is 7.15. The van der Waals surface area contributed by atoms with E-state index in [1.807, 2.05) is 0 Å². The van der Waals surface area contributed by atoms with E-state index in [9.17, 15) is 0 Å². The fourth-order valence-corrected chi connectivity index (χ4v) is 4.39. The molecule has 1 saturated heterocycles. The molecule has 2 N–H and O–H groups in total. The number of aryl methyl sites for hydroxylation is 1. The van der Waals surface area contributed by atoms with E-state index in [1.54, 1.807) is 11.3 Å². The molecule has 0 aromatic carbocycles. The minimum Gasteiger partial charge on any atom is -0.345 e. The van der Waals surface area contributed by atoms with Gasteiger partial charge in [-0.05, 0) is 32.1 Å². The van der Waals surface area contributed by atoms with Crippen molar-refractivity contribution in [1.82, 2.24) is 4.98 Å². The van der Waals surface area contributed by atoms with E-state index in [4.69, 9.17) is 10.7 Å². The summed E-state index contributed by atoms with van der Waals surface area (Å²) < 4.78 is 0. The molecule has 2 atom stereocenters. The average molecular weight is 251 g/mol. The predicted octanol–water partition coefficient (Wildman–Crippen LogP) is 2.68. The van der Waals surface area contributed by atoms with Gasteiger partial charge >= 0.3 is 0 Å². The Morgan fingerprint density at radius 2 is 2.18 bits per heavy atom. The molecule has 2 heterocycles. The first-order valence-electron chi connectivity index (χ1n) is 6.72. The molecule has 3 rings (SSSR count). The van der Waals surface area contributed by atoms with Gasteiger partial charge in [0, 0.05) is 24.0 Å². The third-order valence-electron chi connectivity index (χ3n) is 4.32. The lowest BCUT2D eigenvalue weighted by Gasteiger charge is -2.31. The molecule has 0 bridgehead atoms. The third-order valence-corrected chi connectivity index (χ3v) is 5.54. The van der Waals surface area contributed by atoms with E-state index in [0.717, 1.165) is 17.7 Å². The topological polar surface area (TPSA) is 42.2 Å². The summed E-state index contributed by atoms with van der Waals surface area (Å²) in [7, 11) is 0. The van der Waals surface area contributed by atoms with Gasteiger partial charge in [-0.1, -0.05) is 12.8 Å². The van der Waals surface area contributed by atoms with Crippen LogP contribution in [0.3, 0.4) is 0 Å². The highest BCUT2D eigenvalue weighted by Crippen LogP contribution is 2.40. The van der Waals surface area contributed by atoms with Crippen molar-refractivity contribution in [3.63, 3.8) is 0 Å². The van der Waals surface area contributed by atoms with E-state index in [0.29, 0.717) is 6.54 Å². The van der Waals surface area contributed by atoms with E-state index >= 15 is 0 Å². The normalized spacial score (nSPS) is 28.5. The lowest BCUT2D eigenvalue weighted by atomic mass is 9.85. The smallest absolute Gasteiger partial charge is 0.186 e. The van der Waals surface area contributed by atoms with Crippen LogP contribution < -0.4 is 10.6 Å². The van der Waals surface area contributed by atoms with Crippen molar-refractivity contribution >= 4 is 16.5 Å². The van der Waals surface area contributed by atoms with Gasteiger partial charge in [0.1, 0.15) is 0 Å². The average Bonchev–Trinajstić information content (AvgIpc) is 2.92. The second-order valence-corrected chi connectivity index (χ2v) is 6.37. The summed E-state index contributed by atoms with van der Waals surface area (Å²) in [5, 5.41) is 1.22. The van der Waals surface area contributed by atoms with Gasteiger partial charge in [-0.2, -0.15) is 0 Å². The minimum absolute atomic E-state index is 0.630. The first kappa shape index (κ1) is 11.5. The maximum absolute atomic E-state index is 5.75. The first-order chi connectivity index (χ1) is 8.29. The van der Waals surface area contributed by atoms with Crippen molar-refractivity contribution < 1.29 is 0 Å². The summed E-state index contributed by atoms with van der Waals surface area (Å²) in [5.74, 6) is 0.925. The van der Waals surface area contributed by atoms with Gasteiger partial charge in [-0.15, -0.1) is 11.3 Å². The van der Waals surface area contributed by atoms with Crippen LogP contribution in [0.15, 0.2) is 0 Å². The van der Waals surface area contributed by atoms with Crippen LogP contribution in [0.5, 0.6) is 0 Å². The molecule has 1 saturated carbocycles. The molecule has 3 nitrogen and oxygen atoms in total. The largest absolute Gasteiger partial charge is 0.345 e. The van der Waals surface area contributed by atoms with E-state index in [2.05, 4.69) is 11.8 Å². The van der Waals surface area contributed by atoms with Crippen LogP contribution in [0.2, 0.25) is 0 Å². The zero-order chi connectivity index (χ0) is 11.8. The molecule has 17 heavy (non-hydrogen) atoms. The summed E-state index contributed by atoms with van der Waals surface area (Å²) in [6.45, 7) is 3.91. The van der Waals surface area contributed by atoms with Gasteiger partial charge in [-0.25, -0.2) is 4.98 Å². The summed E-state index contributed by atoms with van der Waals surface area (Å²) in [5.41, 5.74) is 6.88. The fourth-order valence-electron chi connectivity index (χ4n) is 3.37. The molecule has 1 aliphatic carbocycles. The standard InChI is InChI=1S/C13H21N3S/c1-9-12(8-14)17-13(15-9)16-7-6-10-4-2-3-5-11(10)16/h10-11H,2-8,14H2,1H3. The number of thiazole rings is 1. The predicted molar refractivity (Wildman–Crippen MR) is 72.5 cm³/mol. The zero-order valence-corrected chi connectivity index (χ0v) is 11.3. The highest BCUT2D eigenvalue weighted by Gasteiger charge is 2.37. The van der Waals surface area contributed by atoms with Gasteiger partial charge in [0.25, 0.3) is 0 Å². The molecule has 2 unspecified atom stereocenters. The molecule has 2 fully saturated rings. The first-order valence-corrected chi connectivity index (χ1v) is 7.54. The molecule has 0 spiro atoms. The van der Waals surface area contributed by atoms with Crippen LogP contribution in [0, 0.1) is 12.8 Å². The number of hydrogen-bond donors (Lipinski definition) is 1. The van der Waals surface area contributed by atoms with Crippen LogP contribution in [-0.2, 0) is 6.54 Å². The number of nitrogens with zero attached hydrogens (tertiary/aromatic N) is 2. The number of hydrogen-bond acceptors (Lipinski definition) is 4. The number of fused-ring (bicyclic) bond motifs is 1. The molecular formula is C13H21N3S. The molecule has 1 aromatic heterocycles. The van der Waals surface area contributed by atoms with E-state index in [-0.39, 0.29) is 0 Å². The summed E-state index contributed by atoms with van der Waals surface area (Å²) in [6, 6.07) is 0.764. The Hall–Kier alpha value is -0.610. The molecule has 2 aliphatic rings. The summed E-state index contributed by atoms with van der Waals surface area (Å²) in [6.07, 6.45) is 6.98. The number of nitrogens with two attached hydrogens (primary N) is 1. The Bertz CT molecular complexity index is 401. The van der Waals surface area contributed by atoms with Crippen LogP contribution in [0.25, 0.3) is 0 Å². The maximum Gasteiger partial charge on any atom is 0.186 e. The van der Waals surface area contributed by atoms with Crippen molar-refractivity contribution in [2.75, 3.05) is 11.4 Å². The molecule has 0 amide bonds. The summed E-state index contributed by atoms with van der Waals surface area (Å²) >= 11 is 1.80.